The second kappa shape index (κ2) is 6.01. The number of thioether (sulfide) groups is 1. The van der Waals surface area contributed by atoms with Crippen LogP contribution in [0, 0.1) is 0 Å². The molecule has 0 fully saturated rings. The maximum Gasteiger partial charge on any atom is 0.0688 e. The van der Waals surface area contributed by atoms with E-state index in [2.05, 4.69) is 0 Å². The summed E-state index contributed by atoms with van der Waals surface area (Å²) in [4.78, 5) is 0. The van der Waals surface area contributed by atoms with Gasteiger partial charge in [0.05, 0.1) is 6.10 Å². The first-order valence-electron chi connectivity index (χ1n) is 3.65. The third-order valence-electron chi connectivity index (χ3n) is 1.57. The quantitative estimate of drug-likeness (QED) is 0.631. The summed E-state index contributed by atoms with van der Waals surface area (Å²) < 4.78 is 0. The summed E-state index contributed by atoms with van der Waals surface area (Å²) in [6, 6.07) is -0.0301. The van der Waals surface area contributed by atoms with Crippen LogP contribution in [0.15, 0.2) is 0 Å². The molecule has 2 atom stereocenters. The van der Waals surface area contributed by atoms with Gasteiger partial charge in [0.25, 0.3) is 0 Å². The number of hydrogen-bond donors (Lipinski definition) is 2. The van der Waals surface area contributed by atoms with Crippen molar-refractivity contribution in [3.8, 4) is 0 Å². The van der Waals surface area contributed by atoms with Crippen LogP contribution in [-0.2, 0) is 0 Å². The fraction of sp³-hybridized carbons (Fsp3) is 1.00. The van der Waals surface area contributed by atoms with Crippen molar-refractivity contribution < 1.29 is 5.11 Å². The van der Waals surface area contributed by atoms with E-state index >= 15 is 0 Å². The van der Waals surface area contributed by atoms with Crippen molar-refractivity contribution in [1.82, 2.24) is 0 Å². The van der Waals surface area contributed by atoms with Crippen LogP contribution in [0.4, 0.5) is 0 Å². The molecule has 0 aromatic heterocycles. The van der Waals surface area contributed by atoms with Crippen molar-refractivity contribution in [2.24, 2.45) is 5.73 Å². The van der Waals surface area contributed by atoms with Gasteiger partial charge in [0, 0.05) is 6.04 Å². The van der Waals surface area contributed by atoms with Crippen molar-refractivity contribution in [3.63, 3.8) is 0 Å². The number of hydrogen-bond acceptors (Lipinski definition) is 3. The molecule has 0 aliphatic carbocycles. The molecule has 3 heteroatoms. The molecule has 2 nitrogen and oxygen atoms in total. The third-order valence-corrected chi connectivity index (χ3v) is 2.21. The highest BCUT2D eigenvalue weighted by atomic mass is 32.2. The first-order chi connectivity index (χ1) is 4.72. The molecule has 3 N–H and O–H groups in total. The lowest BCUT2D eigenvalue weighted by atomic mass is 10.1. The summed E-state index contributed by atoms with van der Waals surface area (Å²) in [5.41, 5.74) is 5.65. The molecule has 0 heterocycles. The smallest absolute Gasteiger partial charge is 0.0688 e. The fourth-order valence-corrected chi connectivity index (χ4v) is 1.26. The van der Waals surface area contributed by atoms with Crippen molar-refractivity contribution in [2.75, 3.05) is 12.0 Å². The van der Waals surface area contributed by atoms with Crippen LogP contribution >= 0.6 is 11.8 Å². The highest BCUT2D eigenvalue weighted by molar-refractivity contribution is 7.98. The van der Waals surface area contributed by atoms with Gasteiger partial charge in [0.1, 0.15) is 0 Å². The molecule has 0 unspecified atom stereocenters. The van der Waals surface area contributed by atoms with Crippen LogP contribution in [0.3, 0.4) is 0 Å². The number of aliphatic hydroxyl groups excluding tert-OH is 1. The van der Waals surface area contributed by atoms with Gasteiger partial charge >= 0.3 is 0 Å². The van der Waals surface area contributed by atoms with Crippen molar-refractivity contribution in [2.45, 2.75) is 31.9 Å². The summed E-state index contributed by atoms with van der Waals surface area (Å²) in [6.07, 6.45) is 3.41. The fourth-order valence-electron chi connectivity index (χ4n) is 0.749. The Labute approximate surface area is 67.2 Å². The Bertz CT molecular complexity index is 80.0. The summed E-state index contributed by atoms with van der Waals surface area (Å²) in [6.45, 7) is 1.95. The first-order valence-corrected chi connectivity index (χ1v) is 5.04. The Morgan fingerprint density at radius 2 is 2.20 bits per heavy atom. The standard InChI is InChI=1S/C7H17NOS/c1-3-7(9)6(8)4-5-10-2/h6-7,9H,3-5,8H2,1-2H3/t6-,7+/m0/s1. The van der Waals surface area contributed by atoms with Crippen molar-refractivity contribution >= 4 is 11.8 Å². The lowest BCUT2D eigenvalue weighted by molar-refractivity contribution is 0.139. The molecular formula is C7H17NOS. The Balaban J connectivity index is 3.31. The lowest BCUT2D eigenvalue weighted by Crippen LogP contribution is -2.34. The minimum atomic E-state index is -0.313. The monoisotopic (exact) mass is 163 g/mol. The van der Waals surface area contributed by atoms with E-state index in [1.54, 1.807) is 11.8 Å². The zero-order chi connectivity index (χ0) is 7.98. The predicted molar refractivity (Wildman–Crippen MR) is 47.3 cm³/mol. The van der Waals surface area contributed by atoms with Gasteiger partial charge in [0.2, 0.25) is 0 Å². The molecule has 0 saturated carbocycles. The van der Waals surface area contributed by atoms with Crippen LogP contribution in [0.2, 0.25) is 0 Å². The van der Waals surface area contributed by atoms with E-state index in [0.717, 1.165) is 18.6 Å². The Hall–Kier alpha value is 0.270. The summed E-state index contributed by atoms with van der Waals surface area (Å²) in [5.74, 6) is 1.04. The number of rotatable bonds is 5. The maximum absolute atomic E-state index is 9.22. The maximum atomic E-state index is 9.22. The highest BCUT2D eigenvalue weighted by Crippen LogP contribution is 2.04. The van der Waals surface area contributed by atoms with Crippen LogP contribution < -0.4 is 5.73 Å². The van der Waals surface area contributed by atoms with Gasteiger partial charge in [-0.3, -0.25) is 0 Å². The van der Waals surface area contributed by atoms with Gasteiger partial charge in [-0.1, -0.05) is 6.92 Å². The SMILES string of the molecule is CC[C@@H](O)[C@@H](N)CCSC. The van der Waals surface area contributed by atoms with Crippen molar-refractivity contribution in [1.29, 1.82) is 0 Å². The Kier molecular flexibility index (Phi) is 6.17. The Morgan fingerprint density at radius 3 is 2.60 bits per heavy atom. The van der Waals surface area contributed by atoms with E-state index in [9.17, 15) is 5.11 Å². The van der Waals surface area contributed by atoms with E-state index in [4.69, 9.17) is 5.73 Å². The second-order valence-electron chi connectivity index (χ2n) is 2.42. The average molecular weight is 163 g/mol. The molecule has 0 bridgehead atoms. The third kappa shape index (κ3) is 4.14. The molecule has 10 heavy (non-hydrogen) atoms. The van der Waals surface area contributed by atoms with E-state index in [1.165, 1.54) is 0 Å². The minimum Gasteiger partial charge on any atom is -0.392 e. The van der Waals surface area contributed by atoms with Gasteiger partial charge in [-0.25, -0.2) is 0 Å². The molecule has 62 valence electrons. The molecule has 0 saturated heterocycles. The molecule has 0 aliphatic heterocycles. The van der Waals surface area contributed by atoms with Gasteiger partial charge in [-0.2, -0.15) is 11.8 Å². The minimum absolute atomic E-state index is 0.0301. The van der Waals surface area contributed by atoms with Crippen LogP contribution in [0.25, 0.3) is 0 Å². The van der Waals surface area contributed by atoms with Crippen molar-refractivity contribution in [3.05, 3.63) is 0 Å². The van der Waals surface area contributed by atoms with Gasteiger partial charge in [0.15, 0.2) is 0 Å². The summed E-state index contributed by atoms with van der Waals surface area (Å²) in [5, 5.41) is 9.22. The number of aliphatic hydroxyl groups is 1. The molecule has 0 spiro atoms. The Morgan fingerprint density at radius 1 is 1.60 bits per heavy atom. The van der Waals surface area contributed by atoms with E-state index < -0.39 is 0 Å². The molecule has 0 rings (SSSR count). The normalized spacial score (nSPS) is 16.8. The van der Waals surface area contributed by atoms with E-state index in [-0.39, 0.29) is 12.1 Å². The topological polar surface area (TPSA) is 46.2 Å². The zero-order valence-corrected chi connectivity index (χ0v) is 7.53. The summed E-state index contributed by atoms with van der Waals surface area (Å²) in [7, 11) is 0. The van der Waals surface area contributed by atoms with E-state index in [1.807, 2.05) is 13.2 Å². The largest absolute Gasteiger partial charge is 0.392 e. The van der Waals surface area contributed by atoms with Crippen LogP contribution in [0.1, 0.15) is 19.8 Å². The zero-order valence-electron chi connectivity index (χ0n) is 6.71. The highest BCUT2D eigenvalue weighted by Gasteiger charge is 2.10. The molecule has 0 aliphatic rings. The lowest BCUT2D eigenvalue weighted by Gasteiger charge is -2.15. The molecule has 0 aromatic carbocycles. The molecule has 0 amide bonds. The van der Waals surface area contributed by atoms with E-state index in [0.29, 0.717) is 0 Å². The average Bonchev–Trinajstić information content (AvgIpc) is 1.98. The molecular weight excluding hydrogens is 146 g/mol. The summed E-state index contributed by atoms with van der Waals surface area (Å²) >= 11 is 1.77. The number of nitrogens with two attached hydrogens (primary N) is 1. The predicted octanol–water partition coefficient (Wildman–Crippen LogP) is 0.838. The molecule has 0 radical (unpaired) electrons. The van der Waals surface area contributed by atoms with Gasteiger partial charge in [-0.05, 0) is 24.9 Å². The van der Waals surface area contributed by atoms with Crippen LogP contribution in [-0.4, -0.2) is 29.3 Å². The molecule has 0 aromatic rings. The first kappa shape index (κ1) is 10.3. The van der Waals surface area contributed by atoms with Gasteiger partial charge < -0.3 is 10.8 Å². The van der Waals surface area contributed by atoms with Gasteiger partial charge in [-0.15, -0.1) is 0 Å². The second-order valence-corrected chi connectivity index (χ2v) is 3.41. The van der Waals surface area contributed by atoms with Crippen LogP contribution in [0.5, 0.6) is 0 Å².